The Kier molecular flexibility index (Phi) is 6.13. The number of hydrogen-bond donors (Lipinski definition) is 1. The quantitative estimate of drug-likeness (QED) is 0.407. The van der Waals surface area contributed by atoms with Gasteiger partial charge in [-0.2, -0.15) is 0 Å². The largest absolute Gasteiger partial charge is 0.488 e. The number of carbonyl (C=O) groups excluding carboxylic acids is 3. The fourth-order valence-corrected chi connectivity index (χ4v) is 3.42. The molecule has 4 rings (SSSR count). The molecule has 0 aromatic heterocycles. The number of rotatable bonds is 5. The molecule has 1 aliphatic rings. The lowest BCUT2D eigenvalue weighted by atomic mass is 10.1. The van der Waals surface area contributed by atoms with Crippen molar-refractivity contribution in [3.63, 3.8) is 0 Å². The van der Waals surface area contributed by atoms with Crippen molar-refractivity contribution in [1.82, 2.24) is 5.32 Å². The first-order valence-electron chi connectivity index (χ1n) is 9.55. The number of nitrogens with one attached hydrogen (secondary N) is 1. The molecule has 0 atom stereocenters. The molecule has 0 spiro atoms. The highest BCUT2D eigenvalue weighted by atomic mass is 79.9. The number of benzene rings is 3. The van der Waals surface area contributed by atoms with Gasteiger partial charge >= 0.3 is 6.03 Å². The summed E-state index contributed by atoms with van der Waals surface area (Å²) in [6.45, 7) is 0.0988. The van der Waals surface area contributed by atoms with Crippen LogP contribution in [0, 0.1) is 5.82 Å². The van der Waals surface area contributed by atoms with Gasteiger partial charge in [0.15, 0.2) is 0 Å². The van der Waals surface area contributed by atoms with Gasteiger partial charge in [0.25, 0.3) is 11.8 Å². The third kappa shape index (κ3) is 4.60. The highest BCUT2D eigenvalue weighted by Gasteiger charge is 2.36. The van der Waals surface area contributed by atoms with Crippen LogP contribution >= 0.6 is 15.9 Å². The lowest BCUT2D eigenvalue weighted by Crippen LogP contribution is -2.54. The monoisotopic (exact) mass is 494 g/mol. The van der Waals surface area contributed by atoms with Crippen molar-refractivity contribution in [2.45, 2.75) is 6.61 Å². The molecule has 3 aromatic rings. The molecule has 0 radical (unpaired) electrons. The van der Waals surface area contributed by atoms with E-state index < -0.39 is 17.8 Å². The summed E-state index contributed by atoms with van der Waals surface area (Å²) in [6.07, 6.45) is 1.37. The normalized spacial score (nSPS) is 15.1. The molecule has 0 aliphatic carbocycles. The van der Waals surface area contributed by atoms with Crippen molar-refractivity contribution in [1.29, 1.82) is 0 Å². The Balaban J connectivity index is 1.63. The van der Waals surface area contributed by atoms with Crippen LogP contribution in [0.25, 0.3) is 6.08 Å². The summed E-state index contributed by atoms with van der Waals surface area (Å²) in [5.74, 6) is -1.52. The number of nitrogens with zero attached hydrogens (tertiary/aromatic N) is 1. The number of imide groups is 2. The second-order valence-electron chi connectivity index (χ2n) is 6.89. The fraction of sp³-hybridized carbons (Fsp3) is 0.0417. The Morgan fingerprint density at radius 1 is 0.969 bits per heavy atom. The minimum atomic E-state index is -0.824. The van der Waals surface area contributed by atoms with Crippen molar-refractivity contribution < 1.29 is 23.5 Å². The maximum absolute atomic E-state index is 13.4. The minimum absolute atomic E-state index is 0.0988. The van der Waals surface area contributed by atoms with E-state index in [1.165, 1.54) is 18.2 Å². The second-order valence-corrected chi connectivity index (χ2v) is 7.81. The molecule has 32 heavy (non-hydrogen) atoms. The smallest absolute Gasteiger partial charge is 0.335 e. The molecule has 6 nitrogen and oxygen atoms in total. The van der Waals surface area contributed by atoms with Gasteiger partial charge in [-0.05, 0) is 54.1 Å². The molecule has 0 unspecified atom stereocenters. The van der Waals surface area contributed by atoms with Gasteiger partial charge in [0.05, 0.1) is 5.69 Å². The first-order chi connectivity index (χ1) is 15.4. The second kappa shape index (κ2) is 9.15. The standard InChI is InChI=1S/C24H16BrFN2O4/c25-17-8-10-19(11-9-17)28-23(30)20(22(29)27-24(28)31)13-16-5-1-2-7-21(16)32-14-15-4-3-6-18(26)12-15/h1-13H,14H2,(H,27,29,31)/b20-13+. The van der Waals surface area contributed by atoms with Crippen LogP contribution in [0.4, 0.5) is 14.9 Å². The van der Waals surface area contributed by atoms with Crippen LogP contribution in [0.3, 0.4) is 0 Å². The van der Waals surface area contributed by atoms with E-state index in [1.54, 1.807) is 60.7 Å². The number of para-hydroxylation sites is 1. The SMILES string of the molecule is O=C1NC(=O)N(c2ccc(Br)cc2)C(=O)/C1=C/c1ccccc1OCc1cccc(F)c1. The maximum atomic E-state index is 13.4. The van der Waals surface area contributed by atoms with Crippen LogP contribution < -0.4 is 15.0 Å². The third-order valence-corrected chi connectivity index (χ3v) is 5.22. The van der Waals surface area contributed by atoms with E-state index in [1.807, 2.05) is 0 Å². The lowest BCUT2D eigenvalue weighted by molar-refractivity contribution is -0.122. The van der Waals surface area contributed by atoms with E-state index in [9.17, 15) is 18.8 Å². The van der Waals surface area contributed by atoms with Crippen molar-refractivity contribution in [3.8, 4) is 5.75 Å². The molecule has 4 amide bonds. The zero-order valence-electron chi connectivity index (χ0n) is 16.5. The molecule has 3 aromatic carbocycles. The minimum Gasteiger partial charge on any atom is -0.488 e. The summed E-state index contributed by atoms with van der Waals surface area (Å²) in [4.78, 5) is 38.7. The van der Waals surface area contributed by atoms with Gasteiger partial charge in [0.1, 0.15) is 23.7 Å². The molecular weight excluding hydrogens is 479 g/mol. The van der Waals surface area contributed by atoms with E-state index in [-0.39, 0.29) is 18.0 Å². The van der Waals surface area contributed by atoms with Crippen molar-refractivity contribution in [3.05, 3.63) is 99.8 Å². The van der Waals surface area contributed by atoms with E-state index in [0.717, 1.165) is 9.37 Å². The number of amides is 4. The predicted octanol–water partition coefficient (Wildman–Crippen LogP) is 4.83. The Morgan fingerprint density at radius 2 is 1.72 bits per heavy atom. The molecular formula is C24H16BrFN2O4. The van der Waals surface area contributed by atoms with Crippen LogP contribution in [-0.2, 0) is 16.2 Å². The van der Waals surface area contributed by atoms with E-state index >= 15 is 0 Å². The first kappa shape index (κ1) is 21.5. The zero-order chi connectivity index (χ0) is 22.7. The van der Waals surface area contributed by atoms with Crippen molar-refractivity contribution >= 4 is 45.5 Å². The number of anilines is 1. The van der Waals surface area contributed by atoms with Crippen LogP contribution in [0.2, 0.25) is 0 Å². The molecule has 1 N–H and O–H groups in total. The molecule has 8 heteroatoms. The highest BCUT2D eigenvalue weighted by Crippen LogP contribution is 2.27. The Bertz CT molecular complexity index is 1240. The summed E-state index contributed by atoms with van der Waals surface area (Å²) in [7, 11) is 0. The Hall–Kier alpha value is -3.78. The molecule has 160 valence electrons. The Labute approximate surface area is 191 Å². The molecule has 0 bridgehead atoms. The van der Waals surface area contributed by atoms with Crippen LogP contribution in [0.1, 0.15) is 11.1 Å². The summed E-state index contributed by atoms with van der Waals surface area (Å²) < 4.78 is 20.0. The van der Waals surface area contributed by atoms with Crippen molar-refractivity contribution in [2.75, 3.05) is 4.90 Å². The zero-order valence-corrected chi connectivity index (χ0v) is 18.1. The summed E-state index contributed by atoms with van der Waals surface area (Å²) in [5, 5.41) is 2.19. The van der Waals surface area contributed by atoms with Gasteiger partial charge in [-0.1, -0.05) is 46.3 Å². The number of halogens is 2. The average Bonchev–Trinajstić information content (AvgIpc) is 2.77. The van der Waals surface area contributed by atoms with Crippen molar-refractivity contribution in [2.24, 2.45) is 0 Å². The molecule has 0 saturated carbocycles. The van der Waals surface area contributed by atoms with Gasteiger partial charge in [-0.3, -0.25) is 14.9 Å². The Morgan fingerprint density at radius 3 is 2.47 bits per heavy atom. The van der Waals surface area contributed by atoms with Gasteiger partial charge in [0.2, 0.25) is 0 Å². The van der Waals surface area contributed by atoms with E-state index in [4.69, 9.17) is 4.74 Å². The number of ether oxygens (including phenoxy) is 1. The average molecular weight is 495 g/mol. The van der Waals surface area contributed by atoms with E-state index in [0.29, 0.717) is 22.6 Å². The maximum Gasteiger partial charge on any atom is 0.335 e. The number of urea groups is 1. The molecule has 1 aliphatic heterocycles. The summed E-state index contributed by atoms with van der Waals surface area (Å²) in [6, 6.07) is 18.6. The van der Waals surface area contributed by atoms with Gasteiger partial charge in [-0.25, -0.2) is 14.1 Å². The van der Waals surface area contributed by atoms with E-state index in [2.05, 4.69) is 21.2 Å². The van der Waals surface area contributed by atoms with Gasteiger partial charge in [-0.15, -0.1) is 0 Å². The van der Waals surface area contributed by atoms with Crippen LogP contribution in [0.5, 0.6) is 5.75 Å². The van der Waals surface area contributed by atoms with Crippen LogP contribution in [0.15, 0.2) is 82.8 Å². The first-order valence-corrected chi connectivity index (χ1v) is 10.3. The highest BCUT2D eigenvalue weighted by molar-refractivity contribution is 9.10. The van der Waals surface area contributed by atoms with Crippen LogP contribution in [-0.4, -0.2) is 17.8 Å². The third-order valence-electron chi connectivity index (χ3n) is 4.69. The lowest BCUT2D eigenvalue weighted by Gasteiger charge is -2.26. The molecule has 1 heterocycles. The molecule has 1 saturated heterocycles. The van der Waals surface area contributed by atoms with Gasteiger partial charge < -0.3 is 4.74 Å². The predicted molar refractivity (Wildman–Crippen MR) is 120 cm³/mol. The molecule has 1 fully saturated rings. The summed E-state index contributed by atoms with van der Waals surface area (Å²) in [5.41, 5.74) is 1.21. The number of barbiturate groups is 1. The summed E-state index contributed by atoms with van der Waals surface area (Å²) >= 11 is 3.30. The fourth-order valence-electron chi connectivity index (χ4n) is 3.16. The van der Waals surface area contributed by atoms with Gasteiger partial charge in [0, 0.05) is 10.0 Å². The number of hydrogen-bond acceptors (Lipinski definition) is 4. The topological polar surface area (TPSA) is 75.7 Å². The number of carbonyl (C=O) groups is 3.